The van der Waals surface area contributed by atoms with Crippen LogP contribution in [0.25, 0.3) is 33.6 Å². The molecule has 0 radical (unpaired) electrons. The molecule has 0 saturated heterocycles. The van der Waals surface area contributed by atoms with Crippen LogP contribution in [-0.4, -0.2) is 50.5 Å². The molecule has 0 fully saturated rings. The predicted molar refractivity (Wildman–Crippen MR) is 107 cm³/mol. The molecule has 2 aromatic heterocycles. The van der Waals surface area contributed by atoms with Crippen molar-refractivity contribution in [3.8, 4) is 22.5 Å². The van der Waals surface area contributed by atoms with E-state index >= 15 is 0 Å². The lowest BCUT2D eigenvalue weighted by atomic mass is 9.99. The van der Waals surface area contributed by atoms with Gasteiger partial charge in [-0.05, 0) is 34.5 Å². The van der Waals surface area contributed by atoms with Gasteiger partial charge >= 0.3 is 5.76 Å². The maximum absolute atomic E-state index is 12.7. The number of nitrogens with two attached hydrogens (primary N) is 2. The summed E-state index contributed by atoms with van der Waals surface area (Å²) >= 11 is 0. The number of rotatable bonds is 6. The molecule has 4 aromatic rings. The first-order valence-electron chi connectivity index (χ1n) is 8.45. The van der Waals surface area contributed by atoms with Gasteiger partial charge in [0.2, 0.25) is 5.82 Å². The topological polar surface area (TPSA) is 204 Å². The highest BCUT2D eigenvalue weighted by atomic mass is 32.2. The molecule has 0 aliphatic carbocycles. The minimum Gasteiger partial charge on any atom is -0.408 e. The molecule has 2 aromatic carbocycles. The molecule has 2 heterocycles. The van der Waals surface area contributed by atoms with Crippen LogP contribution in [0.5, 0.6) is 0 Å². The third kappa shape index (κ3) is 3.45. The molecule has 6 N–H and O–H groups in total. The number of hydrogen-bond donors (Lipinski definition) is 4. The van der Waals surface area contributed by atoms with Gasteiger partial charge in [0.15, 0.2) is 15.4 Å². The first-order chi connectivity index (χ1) is 14.3. The van der Waals surface area contributed by atoms with Gasteiger partial charge in [-0.15, -0.1) is 10.2 Å². The molecule has 4 rings (SSSR count). The van der Waals surface area contributed by atoms with E-state index in [9.17, 15) is 17.4 Å². The Bertz CT molecular complexity index is 1420. The molecule has 12 nitrogen and oxygen atoms in total. The van der Waals surface area contributed by atoms with E-state index in [1.165, 1.54) is 12.1 Å². The predicted octanol–water partition coefficient (Wildman–Crippen LogP) is -0.318. The minimum absolute atomic E-state index is 0.000725. The van der Waals surface area contributed by atoms with Crippen molar-refractivity contribution >= 4 is 31.9 Å². The van der Waals surface area contributed by atoms with E-state index in [1.807, 2.05) is 0 Å². The lowest BCUT2D eigenvalue weighted by Crippen LogP contribution is -2.19. The van der Waals surface area contributed by atoms with Crippen molar-refractivity contribution in [2.75, 3.05) is 12.3 Å². The van der Waals surface area contributed by atoms with E-state index in [0.29, 0.717) is 16.6 Å². The smallest absolute Gasteiger partial charge is 0.408 e. The van der Waals surface area contributed by atoms with Crippen molar-refractivity contribution in [1.29, 1.82) is 0 Å². The number of hydrogen-bond acceptors (Lipinski definition) is 9. The summed E-state index contributed by atoms with van der Waals surface area (Å²) in [5, 5.41) is 19.3. The fourth-order valence-electron chi connectivity index (χ4n) is 3.12. The first-order valence-corrected chi connectivity index (χ1v) is 11.3. The monoisotopic (exact) mass is 449 g/mol. The largest absolute Gasteiger partial charge is 0.417 e. The molecule has 0 aliphatic heterocycles. The summed E-state index contributed by atoms with van der Waals surface area (Å²) in [5.41, 5.74) is 7.26. The van der Waals surface area contributed by atoms with Crippen LogP contribution in [0.15, 0.2) is 49.3 Å². The van der Waals surface area contributed by atoms with Crippen LogP contribution in [-0.2, 0) is 20.8 Å². The van der Waals surface area contributed by atoms with Gasteiger partial charge in [-0.1, -0.05) is 12.1 Å². The highest BCUT2D eigenvalue weighted by Crippen LogP contribution is 2.38. The van der Waals surface area contributed by atoms with Crippen molar-refractivity contribution in [2.45, 2.75) is 9.79 Å². The number of benzene rings is 2. The summed E-state index contributed by atoms with van der Waals surface area (Å²) in [4.78, 5) is 13.6. The Hall–Kier alpha value is -3.20. The van der Waals surface area contributed by atoms with E-state index in [-0.39, 0.29) is 39.1 Å². The van der Waals surface area contributed by atoms with Crippen LogP contribution in [0.1, 0.15) is 0 Å². The Morgan fingerprint density at radius 1 is 1.20 bits per heavy atom. The number of tetrazole rings is 1. The van der Waals surface area contributed by atoms with Crippen molar-refractivity contribution < 1.29 is 17.0 Å². The molecular weight excluding hydrogens is 434 g/mol. The number of aromatic nitrogens is 5. The summed E-state index contributed by atoms with van der Waals surface area (Å²) in [6.07, 6.45) is 0. The van der Waals surface area contributed by atoms with Crippen LogP contribution >= 0.6 is 0 Å². The van der Waals surface area contributed by atoms with Crippen molar-refractivity contribution in [2.24, 2.45) is 10.9 Å². The highest BCUT2D eigenvalue weighted by molar-refractivity contribution is 7.92. The van der Waals surface area contributed by atoms with Gasteiger partial charge in [0.1, 0.15) is 11.0 Å². The SMILES string of the molecule is NCCS(=O)(=O)c1ccc(-c2ccc3[nH]c(=O)oc3c2)c(-c2nn[nH]n2)c1S(N)=O. The van der Waals surface area contributed by atoms with Crippen molar-refractivity contribution in [3.63, 3.8) is 0 Å². The van der Waals surface area contributed by atoms with Crippen molar-refractivity contribution in [1.82, 2.24) is 25.6 Å². The van der Waals surface area contributed by atoms with Gasteiger partial charge in [-0.2, -0.15) is 5.21 Å². The van der Waals surface area contributed by atoms with Crippen molar-refractivity contribution in [3.05, 3.63) is 40.9 Å². The Balaban J connectivity index is 2.07. The summed E-state index contributed by atoms with van der Waals surface area (Å²) in [7, 11) is -6.09. The molecule has 1 unspecified atom stereocenters. The summed E-state index contributed by atoms with van der Waals surface area (Å²) in [6, 6.07) is 7.68. The van der Waals surface area contributed by atoms with E-state index in [4.69, 9.17) is 15.3 Å². The van der Waals surface area contributed by atoms with Crippen LogP contribution in [0.3, 0.4) is 0 Å². The second kappa shape index (κ2) is 7.56. The Morgan fingerprint density at radius 3 is 2.67 bits per heavy atom. The second-order valence-electron chi connectivity index (χ2n) is 6.18. The lowest BCUT2D eigenvalue weighted by molar-refractivity contribution is 0.555. The summed E-state index contributed by atoms with van der Waals surface area (Å²) in [6.45, 7) is -0.124. The molecule has 156 valence electrons. The maximum atomic E-state index is 12.7. The average molecular weight is 449 g/mol. The van der Waals surface area contributed by atoms with E-state index in [2.05, 4.69) is 25.6 Å². The maximum Gasteiger partial charge on any atom is 0.417 e. The molecule has 30 heavy (non-hydrogen) atoms. The summed E-state index contributed by atoms with van der Waals surface area (Å²) in [5.74, 6) is -0.977. The van der Waals surface area contributed by atoms with E-state index < -0.39 is 26.6 Å². The Morgan fingerprint density at radius 2 is 2.00 bits per heavy atom. The molecule has 0 spiro atoms. The Kier molecular flexibility index (Phi) is 5.07. The fourth-order valence-corrected chi connectivity index (χ4v) is 5.60. The number of H-pyrrole nitrogens is 2. The zero-order valence-electron chi connectivity index (χ0n) is 15.2. The van der Waals surface area contributed by atoms with E-state index in [0.717, 1.165) is 0 Å². The molecule has 0 aliphatic rings. The third-order valence-electron chi connectivity index (χ3n) is 4.35. The van der Waals surface area contributed by atoms with Crippen LogP contribution in [0.2, 0.25) is 0 Å². The molecule has 0 amide bonds. The number of nitrogens with zero attached hydrogens (tertiary/aromatic N) is 3. The van der Waals surface area contributed by atoms with Crippen LogP contribution < -0.4 is 16.6 Å². The quantitative estimate of drug-likeness (QED) is 0.304. The molecule has 0 bridgehead atoms. The van der Waals surface area contributed by atoms with Crippen LogP contribution in [0.4, 0.5) is 0 Å². The number of sulfone groups is 1. The lowest BCUT2D eigenvalue weighted by Gasteiger charge is -2.15. The molecule has 1 atom stereocenters. The van der Waals surface area contributed by atoms with Gasteiger partial charge in [-0.3, -0.25) is 4.98 Å². The number of aromatic amines is 2. The van der Waals surface area contributed by atoms with Gasteiger partial charge in [0, 0.05) is 12.1 Å². The van der Waals surface area contributed by atoms with Gasteiger partial charge < -0.3 is 10.2 Å². The second-order valence-corrected chi connectivity index (χ2v) is 9.26. The zero-order chi connectivity index (χ0) is 21.5. The van der Waals surface area contributed by atoms with Gasteiger partial charge in [0.05, 0.1) is 21.1 Å². The highest BCUT2D eigenvalue weighted by Gasteiger charge is 2.28. The molecular formula is C16H15N7O5S2. The minimum atomic E-state index is -3.88. The van der Waals surface area contributed by atoms with Crippen LogP contribution in [0, 0.1) is 0 Å². The van der Waals surface area contributed by atoms with E-state index in [1.54, 1.807) is 18.2 Å². The fraction of sp³-hybridized carbons (Fsp3) is 0.125. The normalized spacial score (nSPS) is 13.0. The summed E-state index contributed by atoms with van der Waals surface area (Å²) < 4.78 is 43.0. The number of oxazole rings is 1. The van der Waals surface area contributed by atoms with Gasteiger partial charge in [-0.25, -0.2) is 22.6 Å². The first kappa shape index (κ1) is 20.1. The van der Waals surface area contributed by atoms with Gasteiger partial charge in [0.25, 0.3) is 0 Å². The molecule has 14 heteroatoms. The average Bonchev–Trinajstić information content (AvgIpc) is 3.34. The Labute approximate surface area is 171 Å². The third-order valence-corrected chi connectivity index (χ3v) is 7.08. The number of fused-ring (bicyclic) bond motifs is 1. The molecule has 0 saturated carbocycles. The zero-order valence-corrected chi connectivity index (χ0v) is 16.8. The number of nitrogens with one attached hydrogen (secondary N) is 2. The standard InChI is InChI=1S/C16H15N7O5S2/c17-5-6-30(26,27)12-4-2-9(8-1-3-10-11(7-8)28-16(24)19-10)13(14(12)29(18)25)15-20-22-23-21-15/h1-4,7H,5-6,17-18H2,(H,19,24)(H,20,21,22,23).